The molecule has 0 radical (unpaired) electrons. The predicted molar refractivity (Wildman–Crippen MR) is 84.2 cm³/mol. The van der Waals surface area contributed by atoms with Crippen molar-refractivity contribution in [2.45, 2.75) is 39.3 Å². The van der Waals surface area contributed by atoms with Gasteiger partial charge >= 0.3 is 0 Å². The van der Waals surface area contributed by atoms with E-state index in [1.165, 1.54) is 23.1 Å². The maximum absolute atomic E-state index is 6.07. The van der Waals surface area contributed by atoms with Gasteiger partial charge in [0.2, 0.25) is 0 Å². The molecule has 2 rings (SSSR count). The van der Waals surface area contributed by atoms with Gasteiger partial charge in [0.25, 0.3) is 0 Å². The van der Waals surface area contributed by atoms with Gasteiger partial charge in [-0.15, -0.1) is 0 Å². The Morgan fingerprint density at radius 3 is 2.60 bits per heavy atom. The van der Waals surface area contributed by atoms with Crippen LogP contribution in [0, 0.1) is 13.8 Å². The maximum atomic E-state index is 6.07. The van der Waals surface area contributed by atoms with E-state index >= 15 is 0 Å². The van der Waals surface area contributed by atoms with Gasteiger partial charge in [-0.05, 0) is 50.6 Å². The van der Waals surface area contributed by atoms with Crippen LogP contribution in [-0.2, 0) is 4.74 Å². The van der Waals surface area contributed by atoms with Crippen molar-refractivity contribution in [1.82, 2.24) is 10.2 Å². The van der Waals surface area contributed by atoms with Gasteiger partial charge in [0, 0.05) is 13.1 Å². The quantitative estimate of drug-likeness (QED) is 0.895. The lowest BCUT2D eigenvalue weighted by molar-refractivity contribution is -0.0708. The molecule has 0 saturated carbocycles. The summed E-state index contributed by atoms with van der Waals surface area (Å²) in [7, 11) is 2.00. The second-order valence-electron chi connectivity index (χ2n) is 5.75. The number of nitrogens with zero attached hydrogens (tertiary/aromatic N) is 1. The molecule has 1 aliphatic rings. The zero-order valence-electron chi connectivity index (χ0n) is 13.3. The highest BCUT2D eigenvalue weighted by molar-refractivity contribution is 5.37. The first-order valence-corrected chi connectivity index (χ1v) is 7.75. The number of ether oxygens (including phenoxy) is 1. The van der Waals surface area contributed by atoms with E-state index in [4.69, 9.17) is 4.74 Å². The topological polar surface area (TPSA) is 24.5 Å². The SMILES string of the molecule is CCCN1CCOC(CNC)C1c1c(C)cccc1C. The van der Waals surface area contributed by atoms with Crippen molar-refractivity contribution in [3.8, 4) is 0 Å². The van der Waals surface area contributed by atoms with Crippen molar-refractivity contribution < 1.29 is 4.74 Å². The first-order chi connectivity index (χ1) is 9.69. The largest absolute Gasteiger partial charge is 0.374 e. The molecule has 0 aromatic heterocycles. The van der Waals surface area contributed by atoms with Crippen LogP contribution in [0.1, 0.15) is 36.1 Å². The zero-order chi connectivity index (χ0) is 14.5. The highest BCUT2D eigenvalue weighted by atomic mass is 16.5. The van der Waals surface area contributed by atoms with Crippen LogP contribution >= 0.6 is 0 Å². The molecule has 1 N–H and O–H groups in total. The summed E-state index contributed by atoms with van der Waals surface area (Å²) in [5, 5.41) is 3.29. The minimum absolute atomic E-state index is 0.236. The third-order valence-corrected chi connectivity index (χ3v) is 4.21. The highest BCUT2D eigenvalue weighted by Gasteiger charge is 2.34. The number of likely N-dealkylation sites (N-methyl/N-ethyl adjacent to an activating group) is 1. The zero-order valence-corrected chi connectivity index (χ0v) is 13.3. The van der Waals surface area contributed by atoms with E-state index in [1.54, 1.807) is 0 Å². The van der Waals surface area contributed by atoms with E-state index in [9.17, 15) is 0 Å². The molecule has 2 atom stereocenters. The van der Waals surface area contributed by atoms with Gasteiger partial charge in [-0.2, -0.15) is 0 Å². The summed E-state index contributed by atoms with van der Waals surface area (Å²) in [5.41, 5.74) is 4.21. The van der Waals surface area contributed by atoms with Crippen LogP contribution < -0.4 is 5.32 Å². The normalized spacial score (nSPS) is 24.0. The molecule has 1 aliphatic heterocycles. The molecule has 20 heavy (non-hydrogen) atoms. The lowest BCUT2D eigenvalue weighted by atomic mass is 9.90. The first kappa shape index (κ1) is 15.5. The number of nitrogens with one attached hydrogen (secondary N) is 1. The van der Waals surface area contributed by atoms with Crippen molar-refractivity contribution in [1.29, 1.82) is 0 Å². The summed E-state index contributed by atoms with van der Waals surface area (Å²) < 4.78 is 6.07. The Bertz CT molecular complexity index is 395. The molecular weight excluding hydrogens is 248 g/mol. The van der Waals surface area contributed by atoms with Crippen LogP contribution in [0.25, 0.3) is 0 Å². The van der Waals surface area contributed by atoms with E-state index in [1.807, 2.05) is 7.05 Å². The van der Waals surface area contributed by atoms with Gasteiger partial charge in [-0.25, -0.2) is 0 Å². The Morgan fingerprint density at radius 2 is 2.00 bits per heavy atom. The first-order valence-electron chi connectivity index (χ1n) is 7.75. The summed E-state index contributed by atoms with van der Waals surface area (Å²) in [6, 6.07) is 6.96. The lowest BCUT2D eigenvalue weighted by Gasteiger charge is -2.42. The molecule has 0 aliphatic carbocycles. The number of hydrogen-bond acceptors (Lipinski definition) is 3. The number of aryl methyl sites for hydroxylation is 2. The van der Waals surface area contributed by atoms with Gasteiger partial charge in [-0.1, -0.05) is 25.1 Å². The summed E-state index contributed by atoms with van der Waals surface area (Å²) in [5.74, 6) is 0. The molecule has 2 unspecified atom stereocenters. The second-order valence-corrected chi connectivity index (χ2v) is 5.75. The van der Waals surface area contributed by atoms with Crippen molar-refractivity contribution in [2.75, 3.05) is 33.3 Å². The van der Waals surface area contributed by atoms with Crippen molar-refractivity contribution in [3.05, 3.63) is 34.9 Å². The van der Waals surface area contributed by atoms with Crippen molar-refractivity contribution in [2.24, 2.45) is 0 Å². The van der Waals surface area contributed by atoms with E-state index in [-0.39, 0.29) is 6.10 Å². The Morgan fingerprint density at radius 1 is 1.30 bits per heavy atom. The molecule has 1 aromatic carbocycles. The number of benzene rings is 1. The molecule has 1 aromatic rings. The lowest BCUT2D eigenvalue weighted by Crippen LogP contribution is -2.49. The molecule has 112 valence electrons. The van der Waals surface area contributed by atoms with Gasteiger partial charge in [0.1, 0.15) is 0 Å². The Hall–Kier alpha value is -0.900. The fourth-order valence-electron chi connectivity index (χ4n) is 3.36. The molecule has 3 nitrogen and oxygen atoms in total. The summed E-state index contributed by atoms with van der Waals surface area (Å²) in [4.78, 5) is 2.60. The van der Waals surface area contributed by atoms with Crippen LogP contribution in [0.5, 0.6) is 0 Å². The molecule has 0 amide bonds. The van der Waals surface area contributed by atoms with Gasteiger partial charge < -0.3 is 10.1 Å². The summed E-state index contributed by atoms with van der Waals surface area (Å²) >= 11 is 0. The average Bonchev–Trinajstić information content (AvgIpc) is 2.42. The third kappa shape index (κ3) is 3.22. The minimum Gasteiger partial charge on any atom is -0.374 e. The molecule has 1 fully saturated rings. The van der Waals surface area contributed by atoms with Gasteiger partial charge in [-0.3, -0.25) is 4.90 Å². The van der Waals surface area contributed by atoms with Crippen LogP contribution in [-0.4, -0.2) is 44.3 Å². The molecule has 1 saturated heterocycles. The molecule has 0 bridgehead atoms. The molecular formula is C17H28N2O. The van der Waals surface area contributed by atoms with Crippen molar-refractivity contribution in [3.63, 3.8) is 0 Å². The monoisotopic (exact) mass is 276 g/mol. The highest BCUT2D eigenvalue weighted by Crippen LogP contribution is 2.33. The second kappa shape index (κ2) is 7.21. The molecule has 1 heterocycles. The summed E-state index contributed by atoms with van der Waals surface area (Å²) in [6.07, 6.45) is 1.42. The standard InChI is InChI=1S/C17H28N2O/c1-5-9-19-10-11-20-15(12-18-4)17(19)16-13(2)7-6-8-14(16)3/h6-8,15,17-18H,5,9-12H2,1-4H3. The Kier molecular flexibility index (Phi) is 5.58. The van der Waals surface area contributed by atoms with Crippen LogP contribution in [0.3, 0.4) is 0 Å². The maximum Gasteiger partial charge on any atom is 0.0896 e. The fourth-order valence-corrected chi connectivity index (χ4v) is 3.36. The van der Waals surface area contributed by atoms with Crippen LogP contribution in [0.2, 0.25) is 0 Å². The summed E-state index contributed by atoms with van der Waals surface area (Å²) in [6.45, 7) is 10.6. The number of morpholine rings is 1. The van der Waals surface area contributed by atoms with Crippen LogP contribution in [0.15, 0.2) is 18.2 Å². The Balaban J connectivity index is 2.38. The minimum atomic E-state index is 0.236. The average molecular weight is 276 g/mol. The van der Waals surface area contributed by atoms with Gasteiger partial charge in [0.05, 0.1) is 18.8 Å². The van der Waals surface area contributed by atoms with E-state index in [0.29, 0.717) is 6.04 Å². The van der Waals surface area contributed by atoms with E-state index in [2.05, 4.69) is 49.2 Å². The van der Waals surface area contributed by atoms with E-state index in [0.717, 1.165) is 26.2 Å². The predicted octanol–water partition coefficient (Wildman–Crippen LogP) is 2.67. The third-order valence-electron chi connectivity index (χ3n) is 4.21. The number of hydrogen-bond donors (Lipinski definition) is 1. The smallest absolute Gasteiger partial charge is 0.0896 e. The number of rotatable bonds is 5. The van der Waals surface area contributed by atoms with Crippen LogP contribution in [0.4, 0.5) is 0 Å². The molecule has 3 heteroatoms. The van der Waals surface area contributed by atoms with E-state index < -0.39 is 0 Å². The fraction of sp³-hybridized carbons (Fsp3) is 0.647. The Labute approximate surface area is 123 Å². The van der Waals surface area contributed by atoms with Crippen molar-refractivity contribution >= 4 is 0 Å². The van der Waals surface area contributed by atoms with Gasteiger partial charge in [0.15, 0.2) is 0 Å². The molecule has 0 spiro atoms.